The van der Waals surface area contributed by atoms with Gasteiger partial charge in [-0.2, -0.15) is 4.99 Å². The van der Waals surface area contributed by atoms with Crippen molar-refractivity contribution >= 4 is 66.4 Å². The fourth-order valence-corrected chi connectivity index (χ4v) is 6.61. The second kappa shape index (κ2) is 11.1. The summed E-state index contributed by atoms with van der Waals surface area (Å²) in [6.07, 6.45) is 0. The monoisotopic (exact) mass is 563 g/mol. The molecular formula is C25H23Cl2N3O4S2. The van der Waals surface area contributed by atoms with Crippen molar-refractivity contribution in [3.05, 3.63) is 87.1 Å². The van der Waals surface area contributed by atoms with Crippen LogP contribution in [-0.4, -0.2) is 39.2 Å². The Hall–Kier alpha value is -2.69. The second-order valence-corrected chi connectivity index (χ2v) is 11.5. The molecule has 0 unspecified atom stereocenters. The molecule has 4 aromatic rings. The molecule has 0 radical (unpaired) electrons. The number of hydrogen-bond donors (Lipinski definition) is 0. The van der Waals surface area contributed by atoms with Crippen LogP contribution in [0.1, 0.15) is 17.3 Å². The molecule has 0 fully saturated rings. The number of benzene rings is 3. The third-order valence-electron chi connectivity index (χ3n) is 5.44. The highest BCUT2D eigenvalue weighted by Crippen LogP contribution is 2.30. The summed E-state index contributed by atoms with van der Waals surface area (Å²) >= 11 is 13.9. The molecule has 0 aliphatic rings. The predicted molar refractivity (Wildman–Crippen MR) is 145 cm³/mol. The van der Waals surface area contributed by atoms with Crippen LogP contribution in [0.25, 0.3) is 10.2 Å². The van der Waals surface area contributed by atoms with Crippen LogP contribution in [0.4, 0.5) is 5.69 Å². The molecule has 0 bridgehead atoms. The number of para-hydroxylation sites is 1. The van der Waals surface area contributed by atoms with E-state index in [0.29, 0.717) is 40.3 Å². The Kier molecular flexibility index (Phi) is 8.17. The lowest BCUT2D eigenvalue weighted by Gasteiger charge is -2.19. The maximum absolute atomic E-state index is 13.0. The lowest BCUT2D eigenvalue weighted by Crippen LogP contribution is -2.26. The maximum Gasteiger partial charge on any atom is 0.279 e. The zero-order valence-electron chi connectivity index (χ0n) is 19.5. The molecule has 0 N–H and O–H groups in total. The number of ether oxygens (including phenoxy) is 1. The van der Waals surface area contributed by atoms with Crippen molar-refractivity contribution in [1.29, 1.82) is 0 Å². The van der Waals surface area contributed by atoms with Gasteiger partial charge in [-0.3, -0.25) is 9.10 Å². The number of carbonyl (C=O) groups is 1. The number of thiazole rings is 1. The van der Waals surface area contributed by atoms with Crippen molar-refractivity contribution in [2.45, 2.75) is 18.4 Å². The third kappa shape index (κ3) is 5.50. The molecule has 1 amide bonds. The van der Waals surface area contributed by atoms with Gasteiger partial charge in [0.1, 0.15) is 0 Å². The average Bonchev–Trinajstić information content (AvgIpc) is 3.21. The van der Waals surface area contributed by atoms with Crippen LogP contribution in [0.3, 0.4) is 0 Å². The lowest BCUT2D eigenvalue weighted by atomic mass is 10.2. The van der Waals surface area contributed by atoms with Crippen LogP contribution in [0.15, 0.2) is 76.6 Å². The highest BCUT2D eigenvalue weighted by atomic mass is 35.5. The first kappa shape index (κ1) is 26.4. The minimum Gasteiger partial charge on any atom is -0.380 e. The van der Waals surface area contributed by atoms with E-state index >= 15 is 0 Å². The number of fused-ring (bicyclic) bond motifs is 1. The van der Waals surface area contributed by atoms with E-state index in [0.717, 1.165) is 10.2 Å². The molecule has 0 saturated heterocycles. The summed E-state index contributed by atoms with van der Waals surface area (Å²) < 4.78 is 35.3. The number of aromatic nitrogens is 1. The van der Waals surface area contributed by atoms with E-state index in [1.54, 1.807) is 36.4 Å². The third-order valence-corrected chi connectivity index (χ3v) is 8.77. The molecule has 0 spiro atoms. The molecule has 11 heteroatoms. The number of anilines is 1. The number of amides is 1. The van der Waals surface area contributed by atoms with Crippen molar-refractivity contribution < 1.29 is 17.9 Å². The van der Waals surface area contributed by atoms with Crippen molar-refractivity contribution in [2.75, 3.05) is 24.6 Å². The normalized spacial score (nSPS) is 12.3. The number of rotatable bonds is 8. The summed E-state index contributed by atoms with van der Waals surface area (Å²) in [5, 5.41) is 0.942. The molecule has 3 aromatic carbocycles. The SMILES string of the molecule is CCOCCn1c(=NC(=O)c2ccc(S(=O)(=O)N(C)c3ccccc3)cc2)sc2cc(Cl)cc(Cl)c21. The number of halogens is 2. The van der Waals surface area contributed by atoms with Crippen molar-refractivity contribution in [2.24, 2.45) is 4.99 Å². The van der Waals surface area contributed by atoms with E-state index in [1.807, 2.05) is 17.6 Å². The van der Waals surface area contributed by atoms with Crippen molar-refractivity contribution in [3.63, 3.8) is 0 Å². The molecule has 0 saturated carbocycles. The fourth-order valence-electron chi connectivity index (χ4n) is 3.58. The predicted octanol–water partition coefficient (Wildman–Crippen LogP) is 5.61. The summed E-state index contributed by atoms with van der Waals surface area (Å²) in [4.78, 5) is 17.8. The molecule has 0 aliphatic heterocycles. The molecule has 1 heterocycles. The topological polar surface area (TPSA) is 81.0 Å². The molecule has 4 rings (SSSR count). The minimum atomic E-state index is -3.79. The first-order valence-corrected chi connectivity index (χ1v) is 14.0. The minimum absolute atomic E-state index is 0.0699. The quantitative estimate of drug-likeness (QED) is 0.261. The molecule has 188 valence electrons. The van der Waals surface area contributed by atoms with Crippen LogP contribution in [0.2, 0.25) is 10.0 Å². The highest BCUT2D eigenvalue weighted by Gasteiger charge is 2.21. The summed E-state index contributed by atoms with van der Waals surface area (Å²) in [7, 11) is -2.31. The Balaban J connectivity index is 1.67. The van der Waals surface area contributed by atoms with Gasteiger partial charge in [-0.15, -0.1) is 0 Å². The first-order valence-electron chi connectivity index (χ1n) is 11.0. The average molecular weight is 565 g/mol. The van der Waals surface area contributed by atoms with Crippen LogP contribution in [0.5, 0.6) is 0 Å². The summed E-state index contributed by atoms with van der Waals surface area (Å²) in [6, 6.07) is 17.9. The highest BCUT2D eigenvalue weighted by molar-refractivity contribution is 7.92. The van der Waals surface area contributed by atoms with E-state index in [9.17, 15) is 13.2 Å². The van der Waals surface area contributed by atoms with Gasteiger partial charge in [0.05, 0.1) is 32.4 Å². The van der Waals surface area contributed by atoms with E-state index < -0.39 is 15.9 Å². The van der Waals surface area contributed by atoms with E-state index in [1.165, 1.54) is 47.0 Å². The van der Waals surface area contributed by atoms with Gasteiger partial charge in [-0.05, 0) is 55.5 Å². The van der Waals surface area contributed by atoms with Gasteiger partial charge in [0.2, 0.25) is 0 Å². The van der Waals surface area contributed by atoms with Gasteiger partial charge in [0, 0.05) is 30.8 Å². The smallest absolute Gasteiger partial charge is 0.279 e. The number of carbonyl (C=O) groups excluding carboxylic acids is 1. The van der Waals surface area contributed by atoms with Gasteiger partial charge in [0.25, 0.3) is 15.9 Å². The molecule has 36 heavy (non-hydrogen) atoms. The summed E-state index contributed by atoms with van der Waals surface area (Å²) in [6.45, 7) is 3.33. The second-order valence-electron chi connectivity index (χ2n) is 7.72. The maximum atomic E-state index is 13.0. The molecule has 0 atom stereocenters. The zero-order chi connectivity index (χ0) is 25.9. The number of sulfonamides is 1. The van der Waals surface area contributed by atoms with Crippen LogP contribution in [-0.2, 0) is 21.3 Å². The van der Waals surface area contributed by atoms with Gasteiger partial charge < -0.3 is 9.30 Å². The largest absolute Gasteiger partial charge is 0.380 e. The fraction of sp³-hybridized carbons (Fsp3) is 0.200. The first-order chi connectivity index (χ1) is 17.2. The van der Waals surface area contributed by atoms with Gasteiger partial charge >= 0.3 is 0 Å². The summed E-state index contributed by atoms with van der Waals surface area (Å²) in [5.74, 6) is -0.505. The Morgan fingerprint density at radius 2 is 1.78 bits per heavy atom. The summed E-state index contributed by atoms with van der Waals surface area (Å²) in [5.41, 5.74) is 1.52. The number of hydrogen-bond acceptors (Lipinski definition) is 5. The van der Waals surface area contributed by atoms with Crippen molar-refractivity contribution in [3.8, 4) is 0 Å². The van der Waals surface area contributed by atoms with E-state index in [2.05, 4.69) is 4.99 Å². The number of nitrogens with zero attached hydrogens (tertiary/aromatic N) is 3. The lowest BCUT2D eigenvalue weighted by molar-refractivity contribution is 0.0996. The van der Waals surface area contributed by atoms with Crippen molar-refractivity contribution in [1.82, 2.24) is 4.57 Å². The standard InChI is InChI=1S/C25H23Cl2N3O4S2/c1-3-34-14-13-30-23-21(27)15-18(26)16-22(23)35-25(30)28-24(31)17-9-11-20(12-10-17)36(32,33)29(2)19-7-5-4-6-8-19/h4-12,15-16H,3,13-14H2,1-2H3. The zero-order valence-corrected chi connectivity index (χ0v) is 22.7. The molecular weight excluding hydrogens is 541 g/mol. The molecule has 7 nitrogen and oxygen atoms in total. The van der Waals surface area contributed by atoms with Crippen LogP contribution < -0.4 is 9.11 Å². The van der Waals surface area contributed by atoms with Gasteiger partial charge in [0.15, 0.2) is 4.80 Å². The Bertz CT molecular complexity index is 1560. The van der Waals surface area contributed by atoms with E-state index in [4.69, 9.17) is 27.9 Å². The Morgan fingerprint density at radius 1 is 1.08 bits per heavy atom. The Morgan fingerprint density at radius 3 is 2.44 bits per heavy atom. The van der Waals surface area contributed by atoms with Crippen LogP contribution in [0, 0.1) is 0 Å². The Labute approximate surface area is 223 Å². The van der Waals surface area contributed by atoms with Crippen LogP contribution >= 0.6 is 34.5 Å². The molecule has 1 aromatic heterocycles. The van der Waals surface area contributed by atoms with Gasteiger partial charge in [-0.25, -0.2) is 8.42 Å². The molecule has 0 aliphatic carbocycles. The van der Waals surface area contributed by atoms with Gasteiger partial charge in [-0.1, -0.05) is 52.7 Å². The van der Waals surface area contributed by atoms with E-state index in [-0.39, 0.29) is 10.5 Å².